The second-order valence-corrected chi connectivity index (χ2v) is 10.4. The molecule has 1 fully saturated rings. The van der Waals surface area contributed by atoms with Crippen molar-refractivity contribution in [1.29, 1.82) is 0 Å². The van der Waals surface area contributed by atoms with Crippen LogP contribution in [0.5, 0.6) is 17.2 Å². The van der Waals surface area contributed by atoms with E-state index >= 15 is 0 Å². The number of hydrogen-bond donors (Lipinski definition) is 2. The molecule has 8 heteroatoms. The van der Waals surface area contributed by atoms with E-state index in [9.17, 15) is 9.90 Å². The fraction of sp³-hybridized carbons (Fsp3) is 0.536. The van der Waals surface area contributed by atoms with E-state index in [1.165, 1.54) is 0 Å². The summed E-state index contributed by atoms with van der Waals surface area (Å²) in [6.07, 6.45) is -0.619. The van der Waals surface area contributed by atoms with Crippen molar-refractivity contribution in [3.8, 4) is 17.2 Å². The number of aliphatic hydroxyl groups excluding tert-OH is 1. The predicted octanol–water partition coefficient (Wildman–Crippen LogP) is 3.80. The Labute approximate surface area is 214 Å². The quantitative estimate of drug-likeness (QED) is 0.482. The van der Waals surface area contributed by atoms with Gasteiger partial charge in [-0.1, -0.05) is 20.8 Å². The Morgan fingerprint density at radius 3 is 2.39 bits per heavy atom. The van der Waals surface area contributed by atoms with Crippen LogP contribution in [0.2, 0.25) is 0 Å². The van der Waals surface area contributed by atoms with Crippen LogP contribution in [0.1, 0.15) is 39.7 Å². The Bertz CT molecular complexity index is 989. The number of carbonyl (C=O) groups is 1. The topological polar surface area (TPSA) is 91.7 Å². The van der Waals surface area contributed by atoms with Gasteiger partial charge in [0.05, 0.1) is 20.1 Å². The van der Waals surface area contributed by atoms with Crippen molar-refractivity contribution >= 4 is 11.7 Å². The average molecular weight is 501 g/mol. The number of benzene rings is 2. The van der Waals surface area contributed by atoms with Crippen molar-refractivity contribution in [2.24, 2.45) is 0 Å². The third-order valence-corrected chi connectivity index (χ3v) is 6.42. The first-order chi connectivity index (χ1) is 17.1. The molecule has 2 aromatic rings. The van der Waals surface area contributed by atoms with Crippen LogP contribution >= 0.6 is 0 Å². The van der Waals surface area contributed by atoms with Crippen molar-refractivity contribution in [2.75, 3.05) is 51.4 Å². The van der Waals surface area contributed by atoms with Crippen molar-refractivity contribution in [2.45, 2.75) is 51.7 Å². The molecule has 36 heavy (non-hydrogen) atoms. The first-order valence-electron chi connectivity index (χ1n) is 12.5. The van der Waals surface area contributed by atoms with Crippen LogP contribution in [0, 0.1) is 0 Å². The molecule has 2 aromatic carbocycles. The van der Waals surface area contributed by atoms with Gasteiger partial charge in [0.25, 0.3) is 0 Å². The monoisotopic (exact) mass is 500 g/mol. The molecule has 1 aliphatic rings. The maximum atomic E-state index is 10.7. The molecule has 2 atom stereocenters. The minimum Gasteiger partial charge on any atom is -0.497 e. The maximum Gasteiger partial charge on any atom is 0.306 e. The lowest BCUT2D eigenvalue weighted by atomic mass is 9.86. The summed E-state index contributed by atoms with van der Waals surface area (Å²) in [5.74, 6) is 1.36. The minimum atomic E-state index is -0.870. The molecule has 1 aliphatic heterocycles. The molecule has 0 aliphatic carbocycles. The van der Waals surface area contributed by atoms with Gasteiger partial charge >= 0.3 is 5.97 Å². The average Bonchev–Trinajstić information content (AvgIpc) is 2.83. The lowest BCUT2D eigenvalue weighted by Crippen LogP contribution is -2.54. The first kappa shape index (κ1) is 27.6. The number of anilines is 1. The highest BCUT2D eigenvalue weighted by Gasteiger charge is 2.26. The van der Waals surface area contributed by atoms with E-state index in [2.05, 4.69) is 37.5 Å². The zero-order valence-electron chi connectivity index (χ0n) is 22.1. The lowest BCUT2D eigenvalue weighted by Gasteiger charge is -2.41. The molecule has 0 saturated carbocycles. The number of methoxy groups -OCH3 is 1. The highest BCUT2D eigenvalue weighted by atomic mass is 16.5. The van der Waals surface area contributed by atoms with Gasteiger partial charge in [-0.25, -0.2) is 0 Å². The van der Waals surface area contributed by atoms with Gasteiger partial charge in [-0.3, -0.25) is 9.69 Å². The van der Waals surface area contributed by atoms with Crippen LogP contribution in [-0.2, 0) is 10.2 Å². The van der Waals surface area contributed by atoms with Crippen molar-refractivity contribution < 1.29 is 29.2 Å². The normalized spacial score (nSPS) is 17.5. The van der Waals surface area contributed by atoms with Gasteiger partial charge in [0.1, 0.15) is 30.0 Å². The van der Waals surface area contributed by atoms with Crippen LogP contribution in [0.3, 0.4) is 0 Å². The van der Waals surface area contributed by atoms with Crippen LogP contribution in [0.25, 0.3) is 0 Å². The third-order valence-electron chi connectivity index (χ3n) is 6.42. The Kier molecular flexibility index (Phi) is 9.45. The number of carboxylic acid groups (broad SMARTS) is 1. The number of β-amino-alcohol motifs (C(OH)–C–C–N with tert-alkyl or cyclic N) is 1. The van der Waals surface area contributed by atoms with E-state index in [0.29, 0.717) is 12.3 Å². The Hall–Kier alpha value is -2.97. The van der Waals surface area contributed by atoms with Gasteiger partial charge in [0.15, 0.2) is 0 Å². The van der Waals surface area contributed by atoms with Gasteiger partial charge in [0, 0.05) is 43.5 Å². The van der Waals surface area contributed by atoms with Crippen molar-refractivity contribution in [3.05, 3.63) is 48.0 Å². The molecular formula is C28H40N2O6. The summed E-state index contributed by atoms with van der Waals surface area (Å²) >= 11 is 0. The fourth-order valence-electron chi connectivity index (χ4n) is 4.37. The van der Waals surface area contributed by atoms with Gasteiger partial charge in [-0.15, -0.1) is 0 Å². The molecule has 0 radical (unpaired) electrons. The fourth-order valence-corrected chi connectivity index (χ4v) is 4.37. The van der Waals surface area contributed by atoms with Gasteiger partial charge in [-0.05, 0) is 54.8 Å². The van der Waals surface area contributed by atoms with Gasteiger partial charge < -0.3 is 29.3 Å². The smallest absolute Gasteiger partial charge is 0.306 e. The lowest BCUT2D eigenvalue weighted by molar-refractivity contribution is -0.137. The summed E-state index contributed by atoms with van der Waals surface area (Å²) in [5, 5.41) is 19.5. The highest BCUT2D eigenvalue weighted by Crippen LogP contribution is 2.34. The molecule has 3 rings (SSSR count). The van der Waals surface area contributed by atoms with Crippen molar-refractivity contribution in [1.82, 2.24) is 4.90 Å². The SMILES string of the molecule is COc1ccc(OCC(O)CN2CCN(c3ccc(OCCC(=O)O)cc3)CC2C)c(C(C)(C)C)c1. The van der Waals surface area contributed by atoms with Crippen LogP contribution in [-0.4, -0.2) is 79.7 Å². The number of carboxylic acids is 1. The molecule has 8 nitrogen and oxygen atoms in total. The van der Waals surface area contributed by atoms with Gasteiger partial charge in [0.2, 0.25) is 0 Å². The summed E-state index contributed by atoms with van der Waals surface area (Å²) in [4.78, 5) is 15.2. The number of rotatable bonds is 11. The first-order valence-corrected chi connectivity index (χ1v) is 12.5. The Morgan fingerprint density at radius 2 is 1.78 bits per heavy atom. The van der Waals surface area contributed by atoms with Crippen LogP contribution in [0.15, 0.2) is 42.5 Å². The van der Waals surface area contributed by atoms with E-state index < -0.39 is 12.1 Å². The number of piperazine rings is 1. The van der Waals surface area contributed by atoms with Gasteiger partial charge in [-0.2, -0.15) is 0 Å². The Morgan fingerprint density at radius 1 is 1.08 bits per heavy atom. The molecule has 0 spiro atoms. The predicted molar refractivity (Wildman–Crippen MR) is 141 cm³/mol. The maximum absolute atomic E-state index is 10.7. The summed E-state index contributed by atoms with van der Waals surface area (Å²) in [5.41, 5.74) is 2.04. The second kappa shape index (κ2) is 12.3. The largest absolute Gasteiger partial charge is 0.497 e. The molecular weight excluding hydrogens is 460 g/mol. The molecule has 1 saturated heterocycles. The number of aliphatic carboxylic acids is 1. The summed E-state index contributed by atoms with van der Waals surface area (Å²) in [7, 11) is 1.65. The third kappa shape index (κ3) is 7.77. The Balaban J connectivity index is 1.49. The van der Waals surface area contributed by atoms with E-state index in [0.717, 1.165) is 42.4 Å². The summed E-state index contributed by atoms with van der Waals surface area (Å²) in [6, 6.07) is 13.8. The number of ether oxygens (including phenoxy) is 3. The zero-order valence-corrected chi connectivity index (χ0v) is 22.1. The highest BCUT2D eigenvalue weighted by molar-refractivity contribution is 5.66. The van der Waals surface area contributed by atoms with Crippen LogP contribution in [0.4, 0.5) is 5.69 Å². The minimum absolute atomic E-state index is 0.0179. The standard InChI is InChI=1S/C28H40N2O6/c1-20-17-30(21-6-8-23(9-7-21)35-15-12-27(32)33)14-13-29(20)18-22(31)19-36-26-11-10-24(34-5)16-25(26)28(2,3)4/h6-11,16,20,22,31H,12-15,17-19H2,1-5H3,(H,32,33). The molecule has 2 N–H and O–H groups in total. The molecule has 0 aromatic heterocycles. The molecule has 0 bridgehead atoms. The molecule has 0 amide bonds. The number of nitrogens with zero attached hydrogens (tertiary/aromatic N) is 2. The van der Waals surface area contributed by atoms with E-state index in [1.807, 2.05) is 42.5 Å². The molecule has 2 unspecified atom stereocenters. The van der Waals surface area contributed by atoms with Crippen LogP contribution < -0.4 is 19.1 Å². The van der Waals surface area contributed by atoms with E-state index in [-0.39, 0.29) is 31.1 Å². The number of aliphatic hydroxyl groups is 1. The molecule has 1 heterocycles. The number of hydrogen-bond acceptors (Lipinski definition) is 7. The van der Waals surface area contributed by atoms with E-state index in [4.69, 9.17) is 19.3 Å². The second-order valence-electron chi connectivity index (χ2n) is 10.4. The summed E-state index contributed by atoms with van der Waals surface area (Å²) < 4.78 is 16.9. The summed E-state index contributed by atoms with van der Waals surface area (Å²) in [6.45, 7) is 12.0. The zero-order chi connectivity index (χ0) is 26.3. The van der Waals surface area contributed by atoms with Crippen molar-refractivity contribution in [3.63, 3.8) is 0 Å². The van der Waals surface area contributed by atoms with E-state index in [1.54, 1.807) is 7.11 Å². The molecule has 198 valence electrons.